The predicted octanol–water partition coefficient (Wildman–Crippen LogP) is 7.43. The molecule has 0 amide bonds. The maximum atomic E-state index is 2.62. The van der Waals surface area contributed by atoms with Crippen LogP contribution in [0.2, 0.25) is 0 Å². The van der Waals surface area contributed by atoms with Gasteiger partial charge in [0.25, 0.3) is 0 Å². The zero-order valence-corrected chi connectivity index (χ0v) is 17.5. The third-order valence-corrected chi connectivity index (χ3v) is 8.83. The Morgan fingerprint density at radius 3 is 1.68 bits per heavy atom. The zero-order valence-electron chi connectivity index (χ0n) is 17.5. The first kappa shape index (κ1) is 20.0. The van der Waals surface area contributed by atoms with Gasteiger partial charge in [0, 0.05) is 0 Å². The van der Waals surface area contributed by atoms with Gasteiger partial charge in [-0.2, -0.15) is 0 Å². The second kappa shape index (κ2) is 6.48. The van der Waals surface area contributed by atoms with E-state index in [4.69, 9.17) is 0 Å². The lowest BCUT2D eigenvalue weighted by molar-refractivity contribution is -0.0284. The van der Waals surface area contributed by atoms with Crippen molar-refractivity contribution in [1.82, 2.24) is 0 Å². The highest BCUT2D eigenvalue weighted by atomic mass is 14.7. The van der Waals surface area contributed by atoms with Crippen LogP contribution in [0.1, 0.15) is 95.4 Å². The molecule has 1 aliphatic rings. The molecule has 1 saturated carbocycles. The van der Waals surface area contributed by atoms with Crippen molar-refractivity contribution in [3.63, 3.8) is 0 Å². The summed E-state index contributed by atoms with van der Waals surface area (Å²) < 4.78 is 0. The Bertz CT molecular complexity index is 362. The summed E-state index contributed by atoms with van der Waals surface area (Å²) in [6, 6.07) is 0. The molecule has 0 aromatic heterocycles. The fourth-order valence-electron chi connectivity index (χ4n) is 6.13. The molecular weight excluding hydrogens is 264 g/mol. The van der Waals surface area contributed by atoms with Gasteiger partial charge >= 0.3 is 0 Å². The molecule has 0 bridgehead atoms. The maximum absolute atomic E-state index is 2.62. The minimum absolute atomic E-state index is 0.414. The van der Waals surface area contributed by atoms with Gasteiger partial charge in [0.1, 0.15) is 0 Å². The molecule has 0 heteroatoms. The minimum Gasteiger partial charge on any atom is -0.0651 e. The second-order valence-electron chi connectivity index (χ2n) is 10.1. The van der Waals surface area contributed by atoms with Crippen molar-refractivity contribution in [2.45, 2.75) is 95.4 Å². The van der Waals surface area contributed by atoms with Gasteiger partial charge in [0.2, 0.25) is 0 Å². The Hall–Kier alpha value is 0. The van der Waals surface area contributed by atoms with Gasteiger partial charge in [0.05, 0.1) is 0 Å². The lowest BCUT2D eigenvalue weighted by atomic mass is 9.53. The van der Waals surface area contributed by atoms with Crippen LogP contribution in [0.5, 0.6) is 0 Å². The molecule has 0 heterocycles. The molecule has 1 rings (SSSR count). The summed E-state index contributed by atoms with van der Waals surface area (Å²) >= 11 is 0. The van der Waals surface area contributed by atoms with E-state index in [1.165, 1.54) is 19.3 Å². The highest BCUT2D eigenvalue weighted by Gasteiger charge is 2.64. The van der Waals surface area contributed by atoms with Crippen LogP contribution < -0.4 is 0 Å². The van der Waals surface area contributed by atoms with Crippen molar-refractivity contribution < 1.29 is 0 Å². The first-order valence-electron chi connectivity index (χ1n) is 9.88. The average molecular weight is 309 g/mol. The minimum atomic E-state index is 0.414. The molecule has 0 aliphatic heterocycles. The fourth-order valence-corrected chi connectivity index (χ4v) is 6.13. The molecule has 0 aromatic carbocycles. The molecule has 0 saturated heterocycles. The van der Waals surface area contributed by atoms with Crippen LogP contribution >= 0.6 is 0 Å². The van der Waals surface area contributed by atoms with Crippen molar-refractivity contribution in [2.75, 3.05) is 0 Å². The third-order valence-electron chi connectivity index (χ3n) is 8.83. The van der Waals surface area contributed by atoms with E-state index in [0.717, 1.165) is 29.6 Å². The van der Waals surface area contributed by atoms with Gasteiger partial charge in [-0.15, -0.1) is 0 Å². The molecular formula is C22H44. The molecule has 132 valence electrons. The molecule has 0 N–H and O–H groups in total. The first-order valence-corrected chi connectivity index (χ1v) is 9.88. The molecule has 0 spiro atoms. The van der Waals surface area contributed by atoms with Gasteiger partial charge in [-0.25, -0.2) is 0 Å². The van der Waals surface area contributed by atoms with Crippen molar-refractivity contribution in [3.8, 4) is 0 Å². The van der Waals surface area contributed by atoms with E-state index in [-0.39, 0.29) is 0 Å². The lowest BCUT2D eigenvalue weighted by Gasteiger charge is -2.51. The molecule has 0 radical (unpaired) electrons. The summed E-state index contributed by atoms with van der Waals surface area (Å²) in [5.41, 5.74) is 1.25. The van der Waals surface area contributed by atoms with E-state index in [0.29, 0.717) is 16.2 Å². The number of rotatable bonds is 6. The predicted molar refractivity (Wildman–Crippen MR) is 101 cm³/mol. The summed E-state index contributed by atoms with van der Waals surface area (Å²) in [6.07, 6.45) is 4.02. The van der Waals surface area contributed by atoms with Gasteiger partial charge in [0.15, 0.2) is 0 Å². The van der Waals surface area contributed by atoms with Gasteiger partial charge in [-0.3, -0.25) is 0 Å². The Morgan fingerprint density at radius 1 is 0.864 bits per heavy atom. The quantitative estimate of drug-likeness (QED) is 0.478. The van der Waals surface area contributed by atoms with Crippen LogP contribution in [0.25, 0.3) is 0 Å². The van der Waals surface area contributed by atoms with Crippen LogP contribution in [0.4, 0.5) is 0 Å². The van der Waals surface area contributed by atoms with Crippen LogP contribution in [-0.4, -0.2) is 0 Å². The zero-order chi connectivity index (χ0) is 17.5. The monoisotopic (exact) mass is 308 g/mol. The van der Waals surface area contributed by atoms with Gasteiger partial charge in [-0.05, 0) is 52.3 Å². The van der Waals surface area contributed by atoms with E-state index in [1.54, 1.807) is 0 Å². The maximum Gasteiger partial charge on any atom is -0.0215 e. The second-order valence-corrected chi connectivity index (χ2v) is 10.1. The molecule has 0 aromatic rings. The van der Waals surface area contributed by atoms with Crippen molar-refractivity contribution >= 4 is 0 Å². The molecule has 5 atom stereocenters. The number of hydrogen-bond acceptors (Lipinski definition) is 0. The molecule has 1 fully saturated rings. The van der Waals surface area contributed by atoms with Crippen LogP contribution in [0.3, 0.4) is 0 Å². The van der Waals surface area contributed by atoms with E-state index >= 15 is 0 Å². The summed E-state index contributed by atoms with van der Waals surface area (Å²) in [5.74, 6) is 4.12. The third kappa shape index (κ3) is 2.78. The van der Waals surface area contributed by atoms with Crippen LogP contribution in [-0.2, 0) is 0 Å². The molecule has 22 heavy (non-hydrogen) atoms. The van der Waals surface area contributed by atoms with E-state index in [9.17, 15) is 0 Å². The summed E-state index contributed by atoms with van der Waals surface area (Å²) in [5, 5.41) is 0. The van der Waals surface area contributed by atoms with Gasteiger partial charge in [-0.1, -0.05) is 89.0 Å². The SMILES string of the molecule is CCC(C)C(CC1(C)C(C)(C)C(C)C(CC)C1(C)C)C(C)C. The highest BCUT2D eigenvalue weighted by Crippen LogP contribution is 2.70. The first-order chi connectivity index (χ1) is 9.88. The van der Waals surface area contributed by atoms with Crippen molar-refractivity contribution in [1.29, 1.82) is 0 Å². The normalized spacial score (nSPS) is 36.5. The van der Waals surface area contributed by atoms with E-state index in [1.807, 2.05) is 0 Å². The Labute approximate surface area is 141 Å². The fraction of sp³-hybridized carbons (Fsp3) is 1.00. The molecule has 0 nitrogen and oxygen atoms in total. The van der Waals surface area contributed by atoms with Crippen LogP contribution in [0.15, 0.2) is 0 Å². The topological polar surface area (TPSA) is 0 Å². The van der Waals surface area contributed by atoms with Crippen molar-refractivity contribution in [2.24, 2.45) is 45.8 Å². The smallest absolute Gasteiger partial charge is 0.0215 e. The molecule has 1 aliphatic carbocycles. The Morgan fingerprint density at radius 2 is 1.36 bits per heavy atom. The summed E-state index contributed by atoms with van der Waals surface area (Å²) in [6.45, 7) is 27.5. The Kier molecular flexibility index (Phi) is 5.91. The largest absolute Gasteiger partial charge is 0.0651 e. The Balaban J connectivity index is 3.28. The number of hydrogen-bond donors (Lipinski definition) is 0. The summed E-state index contributed by atoms with van der Waals surface area (Å²) in [4.78, 5) is 0. The van der Waals surface area contributed by atoms with E-state index in [2.05, 4.69) is 76.2 Å². The van der Waals surface area contributed by atoms with Crippen LogP contribution in [0, 0.1) is 45.8 Å². The standard InChI is InChI=1S/C22H44/c1-12-16(5)18(15(3)4)14-22(11)20(7,8)17(6)19(13-2)21(22,9)10/h15-19H,12-14H2,1-11H3. The van der Waals surface area contributed by atoms with Crippen molar-refractivity contribution in [3.05, 3.63) is 0 Å². The lowest BCUT2D eigenvalue weighted by Crippen LogP contribution is -2.44. The van der Waals surface area contributed by atoms with Gasteiger partial charge < -0.3 is 0 Å². The van der Waals surface area contributed by atoms with E-state index < -0.39 is 0 Å². The molecule has 5 unspecified atom stereocenters. The highest BCUT2D eigenvalue weighted by molar-refractivity contribution is 5.12. The average Bonchev–Trinajstić information content (AvgIpc) is 2.51. The summed E-state index contributed by atoms with van der Waals surface area (Å²) in [7, 11) is 0.